The molecule has 0 aromatic heterocycles. The predicted octanol–water partition coefficient (Wildman–Crippen LogP) is -1.23. The summed E-state index contributed by atoms with van der Waals surface area (Å²) in [6.45, 7) is 2.57. The number of primary amides is 1. The summed E-state index contributed by atoms with van der Waals surface area (Å²) in [6, 6.07) is 0.369. The van der Waals surface area contributed by atoms with Gasteiger partial charge in [0.05, 0.1) is 30.0 Å². The molecule has 3 aliphatic heterocycles. The number of fused-ring (bicyclic) bond motifs is 4. The normalized spacial score (nSPS) is 34.4. The zero-order valence-corrected chi connectivity index (χ0v) is 17.4. The molecular formula is C18H26N4O6S. The number of carbonyl (C=O) groups excluding carboxylic acids is 2. The number of ketones is 2. The summed E-state index contributed by atoms with van der Waals surface area (Å²) in [6.07, 6.45) is -1.33. The van der Waals surface area contributed by atoms with Gasteiger partial charge in [-0.25, -0.2) is 4.79 Å². The van der Waals surface area contributed by atoms with Crippen molar-refractivity contribution in [1.29, 1.82) is 0 Å². The standard InChI is InChI=1S/C17H23N3O4S.CH3NO2/c1-8-12(18-4-5-25)15(23)11-9(7-21)17(24-3)16-10(19(16)2)6-20(17)13(11)14(8)22;2-1(3)4/h9-10,16,18,21,25H,4-7H2,1-3H3;2H2,(H,3,4). The summed E-state index contributed by atoms with van der Waals surface area (Å²) < 4.78 is 5.92. The first-order valence-electron chi connectivity index (χ1n) is 9.22. The van der Waals surface area contributed by atoms with Gasteiger partial charge in [-0.1, -0.05) is 0 Å². The number of ether oxygens (including phenoxy) is 1. The highest BCUT2D eigenvalue weighted by molar-refractivity contribution is 7.80. The number of thiol groups is 1. The monoisotopic (exact) mass is 426 g/mol. The Labute approximate surface area is 173 Å². The van der Waals surface area contributed by atoms with Gasteiger partial charge in [0, 0.05) is 43.1 Å². The molecular weight excluding hydrogens is 400 g/mol. The molecule has 3 heterocycles. The quantitative estimate of drug-likeness (QED) is 0.207. The van der Waals surface area contributed by atoms with Crippen molar-refractivity contribution in [2.45, 2.75) is 24.7 Å². The molecule has 5 unspecified atom stereocenters. The Morgan fingerprint density at radius 2 is 2.03 bits per heavy atom. The van der Waals surface area contributed by atoms with Gasteiger partial charge in [-0.2, -0.15) is 12.6 Å². The topological polar surface area (TPSA) is 145 Å². The third-order valence-corrected chi connectivity index (χ3v) is 6.37. The fourth-order valence-electron chi connectivity index (χ4n) is 4.96. The molecule has 0 spiro atoms. The predicted molar refractivity (Wildman–Crippen MR) is 106 cm³/mol. The summed E-state index contributed by atoms with van der Waals surface area (Å²) in [4.78, 5) is 39.1. The molecule has 1 aliphatic carbocycles. The summed E-state index contributed by atoms with van der Waals surface area (Å²) in [7, 11) is 3.60. The maximum atomic E-state index is 13.2. The van der Waals surface area contributed by atoms with Crippen LogP contribution in [0, 0.1) is 5.92 Å². The highest BCUT2D eigenvalue weighted by atomic mass is 32.1. The fraction of sp³-hybridized carbons (Fsp3) is 0.611. The molecule has 4 rings (SSSR count). The van der Waals surface area contributed by atoms with Crippen LogP contribution in [0.25, 0.3) is 0 Å². The molecule has 10 nitrogen and oxygen atoms in total. The number of aliphatic hydroxyl groups excluding tert-OH is 1. The van der Waals surface area contributed by atoms with Gasteiger partial charge in [0.2, 0.25) is 11.6 Å². The summed E-state index contributed by atoms with van der Waals surface area (Å²) in [5.74, 6) is -0.350. The van der Waals surface area contributed by atoms with Crippen LogP contribution in [-0.4, -0.2) is 95.1 Å². The molecule has 0 bridgehead atoms. The van der Waals surface area contributed by atoms with E-state index in [4.69, 9.17) is 14.6 Å². The largest absolute Gasteiger partial charge is 0.465 e. The number of allylic oxidation sites excluding steroid dienone is 2. The highest BCUT2D eigenvalue weighted by Crippen LogP contribution is 2.58. The minimum Gasteiger partial charge on any atom is -0.465 e. The van der Waals surface area contributed by atoms with Gasteiger partial charge >= 0.3 is 6.09 Å². The minimum absolute atomic E-state index is 0.0787. The van der Waals surface area contributed by atoms with E-state index in [9.17, 15) is 14.7 Å². The van der Waals surface area contributed by atoms with E-state index in [1.807, 2.05) is 11.9 Å². The number of carboxylic acid groups (broad SMARTS) is 1. The van der Waals surface area contributed by atoms with Crippen LogP contribution in [0.2, 0.25) is 0 Å². The van der Waals surface area contributed by atoms with Crippen molar-refractivity contribution in [3.8, 4) is 0 Å². The molecule has 5 N–H and O–H groups in total. The number of methoxy groups -OCH3 is 1. The summed E-state index contributed by atoms with van der Waals surface area (Å²) >= 11 is 4.15. The average molecular weight is 426 g/mol. The van der Waals surface area contributed by atoms with Gasteiger partial charge in [-0.3, -0.25) is 14.5 Å². The number of nitrogens with one attached hydrogen (secondary N) is 1. The Bertz CT molecular complexity index is 823. The Morgan fingerprint density at radius 1 is 1.41 bits per heavy atom. The highest BCUT2D eigenvalue weighted by Gasteiger charge is 2.75. The summed E-state index contributed by atoms with van der Waals surface area (Å²) in [5.41, 5.74) is 4.73. The number of rotatable bonds is 5. The zero-order chi connectivity index (χ0) is 21.7. The van der Waals surface area contributed by atoms with Gasteiger partial charge in [-0.05, 0) is 14.0 Å². The van der Waals surface area contributed by atoms with Gasteiger partial charge in [0.15, 0.2) is 5.72 Å². The molecule has 11 heteroatoms. The summed E-state index contributed by atoms with van der Waals surface area (Å²) in [5, 5.41) is 20.4. The second kappa shape index (κ2) is 7.63. The van der Waals surface area contributed by atoms with Gasteiger partial charge in [0.1, 0.15) is 0 Å². The van der Waals surface area contributed by atoms with Crippen LogP contribution >= 0.6 is 12.6 Å². The van der Waals surface area contributed by atoms with E-state index in [1.54, 1.807) is 14.0 Å². The van der Waals surface area contributed by atoms with Crippen LogP contribution in [0.5, 0.6) is 0 Å². The number of carbonyl (C=O) groups is 3. The van der Waals surface area contributed by atoms with Crippen LogP contribution in [0.1, 0.15) is 6.92 Å². The molecule has 0 aromatic rings. The van der Waals surface area contributed by atoms with Crippen molar-refractivity contribution in [3.63, 3.8) is 0 Å². The Balaban J connectivity index is 0.000000552. The number of piperazine rings is 1. The van der Waals surface area contributed by atoms with Crippen LogP contribution in [0.4, 0.5) is 4.79 Å². The Kier molecular flexibility index (Phi) is 5.69. The van der Waals surface area contributed by atoms with Crippen LogP contribution in [-0.2, 0) is 14.3 Å². The van der Waals surface area contributed by atoms with E-state index in [1.165, 1.54) is 0 Å². The molecule has 0 radical (unpaired) electrons. The molecule has 29 heavy (non-hydrogen) atoms. The molecule has 2 fully saturated rings. The van der Waals surface area contributed by atoms with Crippen LogP contribution < -0.4 is 11.1 Å². The minimum atomic E-state index is -1.33. The smallest absolute Gasteiger partial charge is 0.402 e. The molecule has 0 aromatic carbocycles. The third kappa shape index (κ3) is 2.95. The lowest BCUT2D eigenvalue weighted by Gasteiger charge is -2.40. The number of amides is 1. The first-order valence-corrected chi connectivity index (χ1v) is 9.85. The van der Waals surface area contributed by atoms with E-state index in [-0.39, 0.29) is 24.2 Å². The number of hydrogen-bond acceptors (Lipinski definition) is 9. The van der Waals surface area contributed by atoms with Crippen molar-refractivity contribution in [1.82, 2.24) is 15.1 Å². The number of Topliss-reactive ketones (excluding diaryl/α,β-unsaturated/α-hetero) is 2. The lowest BCUT2D eigenvalue weighted by atomic mass is 9.82. The molecule has 4 aliphatic rings. The van der Waals surface area contributed by atoms with Gasteiger partial charge in [0.25, 0.3) is 0 Å². The zero-order valence-electron chi connectivity index (χ0n) is 16.5. The number of hydrogen-bond donors (Lipinski definition) is 5. The number of nitrogens with two attached hydrogens (primary N) is 1. The second-order valence-corrected chi connectivity index (χ2v) is 7.84. The van der Waals surface area contributed by atoms with E-state index in [2.05, 4.69) is 28.6 Å². The third-order valence-electron chi connectivity index (χ3n) is 6.15. The van der Waals surface area contributed by atoms with E-state index in [0.29, 0.717) is 47.4 Å². The molecule has 5 atom stereocenters. The number of aliphatic hydroxyl groups is 1. The molecule has 2 saturated heterocycles. The SMILES string of the molecule is COC12C(CO)C3=C(C(=O)C(C)=C(NCCS)C3=O)N1CC1C2N1C.NC(=O)O. The van der Waals surface area contributed by atoms with Gasteiger partial charge in [-0.15, -0.1) is 0 Å². The van der Waals surface area contributed by atoms with Gasteiger partial charge < -0.3 is 30.9 Å². The maximum absolute atomic E-state index is 13.2. The van der Waals surface area contributed by atoms with E-state index in [0.717, 1.165) is 0 Å². The van der Waals surface area contributed by atoms with E-state index >= 15 is 0 Å². The van der Waals surface area contributed by atoms with Crippen molar-refractivity contribution in [3.05, 3.63) is 22.5 Å². The lowest BCUT2D eigenvalue weighted by Crippen LogP contribution is -2.55. The van der Waals surface area contributed by atoms with E-state index < -0.39 is 17.7 Å². The van der Waals surface area contributed by atoms with Crippen molar-refractivity contribution in [2.24, 2.45) is 11.7 Å². The van der Waals surface area contributed by atoms with Crippen molar-refractivity contribution in [2.75, 3.05) is 39.6 Å². The Morgan fingerprint density at radius 3 is 2.55 bits per heavy atom. The van der Waals surface area contributed by atoms with Crippen LogP contribution in [0.15, 0.2) is 22.5 Å². The molecule has 160 valence electrons. The number of likely N-dealkylation sites (N-methyl/N-ethyl adjacent to an activating group) is 1. The van der Waals surface area contributed by atoms with Crippen molar-refractivity contribution < 1.29 is 29.3 Å². The number of nitrogens with zero attached hydrogens (tertiary/aromatic N) is 2. The van der Waals surface area contributed by atoms with Crippen molar-refractivity contribution >= 4 is 30.3 Å². The average Bonchev–Trinajstić information content (AvgIpc) is 3.05. The van der Waals surface area contributed by atoms with Crippen LogP contribution in [0.3, 0.4) is 0 Å². The first-order chi connectivity index (χ1) is 13.7. The second-order valence-electron chi connectivity index (χ2n) is 7.39. The maximum Gasteiger partial charge on any atom is 0.402 e. The molecule has 0 saturated carbocycles. The first kappa shape index (κ1) is 21.6. The fourth-order valence-corrected chi connectivity index (χ4v) is 5.07. The lowest BCUT2D eigenvalue weighted by molar-refractivity contribution is -0.144. The molecule has 1 amide bonds. The Hall–Kier alpha value is -2.08.